The number of rotatable bonds is 6. The number of hydrogen-bond donors (Lipinski definition) is 0. The Labute approximate surface area is 78.1 Å². The first kappa shape index (κ1) is 11.7. The van der Waals surface area contributed by atoms with Gasteiger partial charge in [0, 0.05) is 0 Å². The largest absolute Gasteiger partial charge is 0.103 e. The van der Waals surface area contributed by atoms with Crippen LogP contribution in [0.1, 0.15) is 53.4 Å². The molecule has 0 heteroatoms. The molecule has 1 unspecified atom stereocenters. The molecule has 0 spiro atoms. The fraction of sp³-hybridized carbons (Fsp3) is 0.833. The van der Waals surface area contributed by atoms with Gasteiger partial charge in [0.1, 0.15) is 0 Å². The zero-order valence-corrected chi connectivity index (χ0v) is 9.19. The maximum Gasteiger partial charge on any atom is -0.0326 e. The van der Waals surface area contributed by atoms with Crippen molar-refractivity contribution in [2.45, 2.75) is 53.4 Å². The molecular formula is C12H24. The van der Waals surface area contributed by atoms with Crippen molar-refractivity contribution < 1.29 is 0 Å². The monoisotopic (exact) mass is 168 g/mol. The summed E-state index contributed by atoms with van der Waals surface area (Å²) in [4.78, 5) is 0. The molecule has 0 aromatic carbocycles. The van der Waals surface area contributed by atoms with E-state index in [0.717, 1.165) is 12.3 Å². The molecule has 0 aromatic heterocycles. The van der Waals surface area contributed by atoms with Gasteiger partial charge in [0.15, 0.2) is 0 Å². The van der Waals surface area contributed by atoms with Crippen molar-refractivity contribution in [3.05, 3.63) is 12.7 Å². The number of hydrogen-bond acceptors (Lipinski definition) is 0. The molecule has 0 rings (SSSR count). The summed E-state index contributed by atoms with van der Waals surface area (Å²) in [6.07, 6.45) is 7.11. The van der Waals surface area contributed by atoms with Crippen molar-refractivity contribution in [2.24, 2.45) is 11.3 Å². The van der Waals surface area contributed by atoms with E-state index in [4.69, 9.17) is 0 Å². The van der Waals surface area contributed by atoms with Gasteiger partial charge in [-0.05, 0) is 24.2 Å². The summed E-state index contributed by atoms with van der Waals surface area (Å²) in [6.45, 7) is 13.1. The van der Waals surface area contributed by atoms with Crippen LogP contribution in [0.5, 0.6) is 0 Å². The molecule has 0 saturated heterocycles. The summed E-state index contributed by atoms with van der Waals surface area (Å²) in [5.74, 6) is 0.836. The summed E-state index contributed by atoms with van der Waals surface area (Å²) >= 11 is 0. The summed E-state index contributed by atoms with van der Waals surface area (Å²) in [5.41, 5.74) is 0.490. The molecule has 0 aliphatic heterocycles. The van der Waals surface area contributed by atoms with Gasteiger partial charge in [0.25, 0.3) is 0 Å². The zero-order valence-electron chi connectivity index (χ0n) is 9.19. The lowest BCUT2D eigenvalue weighted by Crippen LogP contribution is -2.21. The van der Waals surface area contributed by atoms with Crippen molar-refractivity contribution in [3.63, 3.8) is 0 Å². The van der Waals surface area contributed by atoms with Crippen molar-refractivity contribution in [1.82, 2.24) is 0 Å². The molecule has 0 N–H and O–H groups in total. The third kappa shape index (κ3) is 3.94. The fourth-order valence-corrected chi connectivity index (χ4v) is 1.54. The van der Waals surface area contributed by atoms with Gasteiger partial charge < -0.3 is 0 Å². The van der Waals surface area contributed by atoms with E-state index in [1.165, 1.54) is 19.3 Å². The van der Waals surface area contributed by atoms with E-state index in [1.54, 1.807) is 0 Å². The highest BCUT2D eigenvalue weighted by molar-refractivity contribution is 4.79. The molecule has 0 aliphatic carbocycles. The van der Waals surface area contributed by atoms with Crippen LogP contribution in [0.3, 0.4) is 0 Å². The SMILES string of the molecule is C=CCCC(C)(C)C(C)CCC. The van der Waals surface area contributed by atoms with Crippen LogP contribution in [-0.2, 0) is 0 Å². The first-order chi connectivity index (χ1) is 5.54. The van der Waals surface area contributed by atoms with Crippen LogP contribution in [0.2, 0.25) is 0 Å². The maximum atomic E-state index is 3.77. The van der Waals surface area contributed by atoms with Crippen LogP contribution in [-0.4, -0.2) is 0 Å². The van der Waals surface area contributed by atoms with E-state index in [0.29, 0.717) is 5.41 Å². The Morgan fingerprint density at radius 2 is 2.00 bits per heavy atom. The fourth-order valence-electron chi connectivity index (χ4n) is 1.54. The smallest absolute Gasteiger partial charge is 0.0326 e. The van der Waals surface area contributed by atoms with Gasteiger partial charge in [-0.3, -0.25) is 0 Å². The van der Waals surface area contributed by atoms with Crippen LogP contribution in [0.4, 0.5) is 0 Å². The summed E-state index contributed by atoms with van der Waals surface area (Å²) in [7, 11) is 0. The summed E-state index contributed by atoms with van der Waals surface area (Å²) in [5, 5.41) is 0. The molecule has 0 aliphatic rings. The van der Waals surface area contributed by atoms with Gasteiger partial charge >= 0.3 is 0 Å². The Morgan fingerprint density at radius 1 is 1.42 bits per heavy atom. The van der Waals surface area contributed by atoms with E-state index < -0.39 is 0 Å². The van der Waals surface area contributed by atoms with E-state index in [2.05, 4.69) is 34.3 Å². The highest BCUT2D eigenvalue weighted by atomic mass is 14.3. The molecule has 1 atom stereocenters. The number of allylic oxidation sites excluding steroid dienone is 1. The van der Waals surface area contributed by atoms with Gasteiger partial charge in [-0.1, -0.05) is 46.6 Å². The average molecular weight is 168 g/mol. The molecular weight excluding hydrogens is 144 g/mol. The van der Waals surface area contributed by atoms with Crippen LogP contribution < -0.4 is 0 Å². The predicted octanol–water partition coefficient (Wildman–Crippen LogP) is 4.42. The third-order valence-electron chi connectivity index (χ3n) is 3.05. The average Bonchev–Trinajstić information content (AvgIpc) is 2.01. The Balaban J connectivity index is 3.89. The Bertz CT molecular complexity index is 122. The predicted molar refractivity (Wildman–Crippen MR) is 57.3 cm³/mol. The van der Waals surface area contributed by atoms with Crippen LogP contribution in [0.25, 0.3) is 0 Å². The lowest BCUT2D eigenvalue weighted by atomic mass is 9.74. The summed E-state index contributed by atoms with van der Waals surface area (Å²) in [6, 6.07) is 0. The molecule has 0 aromatic rings. The standard InChI is InChI=1S/C12H24/c1-6-8-10-12(4,5)11(3)9-7-2/h6,11H,1,7-10H2,2-5H3. The summed E-state index contributed by atoms with van der Waals surface area (Å²) < 4.78 is 0. The van der Waals surface area contributed by atoms with Gasteiger partial charge in [0.05, 0.1) is 0 Å². The topological polar surface area (TPSA) is 0 Å². The molecule has 72 valence electrons. The minimum absolute atomic E-state index is 0.490. The Kier molecular flexibility index (Phi) is 5.28. The van der Waals surface area contributed by atoms with Gasteiger partial charge in [0.2, 0.25) is 0 Å². The van der Waals surface area contributed by atoms with E-state index in [-0.39, 0.29) is 0 Å². The van der Waals surface area contributed by atoms with Crippen LogP contribution in [0, 0.1) is 11.3 Å². The maximum absolute atomic E-state index is 3.77. The third-order valence-corrected chi connectivity index (χ3v) is 3.05. The molecule has 0 fully saturated rings. The minimum atomic E-state index is 0.490. The molecule has 0 amide bonds. The van der Waals surface area contributed by atoms with Crippen molar-refractivity contribution in [3.8, 4) is 0 Å². The van der Waals surface area contributed by atoms with Crippen molar-refractivity contribution in [1.29, 1.82) is 0 Å². The normalized spacial score (nSPS) is 14.3. The lowest BCUT2D eigenvalue weighted by molar-refractivity contribution is 0.201. The van der Waals surface area contributed by atoms with Crippen LogP contribution >= 0.6 is 0 Å². The highest BCUT2D eigenvalue weighted by Gasteiger charge is 2.23. The Hall–Kier alpha value is -0.260. The second-order valence-corrected chi connectivity index (χ2v) is 4.51. The Morgan fingerprint density at radius 3 is 2.42 bits per heavy atom. The minimum Gasteiger partial charge on any atom is -0.103 e. The quantitative estimate of drug-likeness (QED) is 0.515. The van der Waals surface area contributed by atoms with Crippen molar-refractivity contribution >= 4 is 0 Å². The van der Waals surface area contributed by atoms with Gasteiger partial charge in [-0.15, -0.1) is 6.58 Å². The molecule has 0 radical (unpaired) electrons. The first-order valence-electron chi connectivity index (χ1n) is 5.15. The lowest BCUT2D eigenvalue weighted by Gasteiger charge is -2.31. The molecule has 0 nitrogen and oxygen atoms in total. The second kappa shape index (κ2) is 5.40. The van der Waals surface area contributed by atoms with Gasteiger partial charge in [-0.25, -0.2) is 0 Å². The van der Waals surface area contributed by atoms with Crippen molar-refractivity contribution in [2.75, 3.05) is 0 Å². The molecule has 0 saturated carbocycles. The molecule has 0 heterocycles. The van der Waals surface area contributed by atoms with E-state index >= 15 is 0 Å². The van der Waals surface area contributed by atoms with Crippen LogP contribution in [0.15, 0.2) is 12.7 Å². The highest BCUT2D eigenvalue weighted by Crippen LogP contribution is 2.34. The molecule has 0 bridgehead atoms. The van der Waals surface area contributed by atoms with E-state index in [9.17, 15) is 0 Å². The van der Waals surface area contributed by atoms with E-state index in [1.807, 2.05) is 6.08 Å². The zero-order chi connectivity index (χ0) is 9.61. The van der Waals surface area contributed by atoms with Gasteiger partial charge in [-0.2, -0.15) is 0 Å². The first-order valence-corrected chi connectivity index (χ1v) is 5.15. The second-order valence-electron chi connectivity index (χ2n) is 4.51. The molecule has 12 heavy (non-hydrogen) atoms.